The van der Waals surface area contributed by atoms with Gasteiger partial charge in [0.2, 0.25) is 10.0 Å². The van der Waals surface area contributed by atoms with Gasteiger partial charge in [-0.15, -0.1) is 6.58 Å². The molecule has 0 aliphatic heterocycles. The van der Waals surface area contributed by atoms with E-state index >= 15 is 0 Å². The lowest BCUT2D eigenvalue weighted by Gasteiger charge is -2.18. The van der Waals surface area contributed by atoms with E-state index in [-0.39, 0.29) is 24.6 Å². The first-order valence-electron chi connectivity index (χ1n) is 5.13. The maximum Gasteiger partial charge on any atom is 0.305 e. The Hall–Kier alpha value is -0.880. The molecule has 0 aromatic carbocycles. The third kappa shape index (κ3) is 5.27. The molecule has 0 bridgehead atoms. The fraction of sp³-hybridized carbons (Fsp3) is 0.700. The Bertz CT molecular complexity index is 324. The molecule has 0 aliphatic rings. The summed E-state index contributed by atoms with van der Waals surface area (Å²) in [6, 6.07) is 0. The Balaban J connectivity index is 4.22. The number of rotatable bonds is 8. The van der Waals surface area contributed by atoms with Crippen molar-refractivity contribution >= 4 is 16.0 Å². The minimum atomic E-state index is -3.28. The number of esters is 1. The maximum atomic E-state index is 11.7. The molecule has 0 fully saturated rings. The summed E-state index contributed by atoms with van der Waals surface area (Å²) in [5.74, 6) is -0.425. The lowest BCUT2D eigenvalue weighted by Crippen LogP contribution is -2.33. The molecule has 0 amide bonds. The largest absolute Gasteiger partial charge is 0.469 e. The van der Waals surface area contributed by atoms with Crippen molar-refractivity contribution in [3.05, 3.63) is 12.7 Å². The van der Waals surface area contributed by atoms with Crippen LogP contribution >= 0.6 is 0 Å². The first kappa shape index (κ1) is 15.1. The van der Waals surface area contributed by atoms with Gasteiger partial charge in [0.1, 0.15) is 0 Å². The van der Waals surface area contributed by atoms with Crippen molar-refractivity contribution in [2.45, 2.75) is 19.8 Å². The Morgan fingerprint density at radius 1 is 1.50 bits per heavy atom. The van der Waals surface area contributed by atoms with E-state index in [1.54, 1.807) is 13.0 Å². The molecule has 16 heavy (non-hydrogen) atoms. The second kappa shape index (κ2) is 7.40. The quantitative estimate of drug-likeness (QED) is 0.471. The zero-order chi connectivity index (χ0) is 12.6. The second-order valence-electron chi connectivity index (χ2n) is 3.24. The van der Waals surface area contributed by atoms with Crippen LogP contribution in [0.4, 0.5) is 0 Å². The van der Waals surface area contributed by atoms with Crippen molar-refractivity contribution in [3.63, 3.8) is 0 Å². The van der Waals surface area contributed by atoms with E-state index in [4.69, 9.17) is 0 Å². The molecule has 0 aromatic rings. The van der Waals surface area contributed by atoms with Gasteiger partial charge in [-0.1, -0.05) is 13.0 Å². The molecule has 0 saturated carbocycles. The first-order chi connectivity index (χ1) is 7.47. The van der Waals surface area contributed by atoms with Crippen LogP contribution in [0.15, 0.2) is 12.7 Å². The van der Waals surface area contributed by atoms with Crippen LogP contribution in [0.5, 0.6) is 0 Å². The topological polar surface area (TPSA) is 63.7 Å². The van der Waals surface area contributed by atoms with Crippen LogP contribution < -0.4 is 0 Å². The van der Waals surface area contributed by atoms with Crippen LogP contribution in [0.3, 0.4) is 0 Å². The molecule has 0 N–H and O–H groups in total. The summed E-state index contributed by atoms with van der Waals surface area (Å²) in [4.78, 5) is 10.8. The average Bonchev–Trinajstić information content (AvgIpc) is 2.24. The predicted octanol–water partition coefficient (Wildman–Crippen LogP) is 0.777. The molecule has 0 rings (SSSR count). The number of hydrogen-bond acceptors (Lipinski definition) is 4. The number of methoxy groups -OCH3 is 1. The minimum absolute atomic E-state index is 0.0379. The molecule has 0 heterocycles. The number of likely N-dealkylation sites (N-methyl/N-ethyl adjacent to an activating group) is 1. The summed E-state index contributed by atoms with van der Waals surface area (Å²) in [5, 5.41) is 0. The smallest absolute Gasteiger partial charge is 0.305 e. The third-order valence-corrected chi connectivity index (χ3v) is 4.09. The van der Waals surface area contributed by atoms with E-state index < -0.39 is 10.0 Å². The summed E-state index contributed by atoms with van der Waals surface area (Å²) in [6.45, 7) is 5.98. The molecule has 6 heteroatoms. The fourth-order valence-electron chi connectivity index (χ4n) is 1.21. The summed E-state index contributed by atoms with van der Waals surface area (Å²) >= 11 is 0. The highest BCUT2D eigenvalue weighted by Gasteiger charge is 2.19. The Morgan fingerprint density at radius 2 is 2.12 bits per heavy atom. The highest BCUT2D eigenvalue weighted by Crippen LogP contribution is 2.05. The van der Waals surface area contributed by atoms with Gasteiger partial charge in [0.25, 0.3) is 0 Å². The van der Waals surface area contributed by atoms with Crippen molar-refractivity contribution in [1.82, 2.24) is 4.31 Å². The fourth-order valence-corrected chi connectivity index (χ4v) is 2.71. The number of nitrogens with zero attached hydrogens (tertiary/aromatic N) is 1. The Labute approximate surface area is 97.1 Å². The SMILES string of the molecule is C=CCN(CC)S(=O)(=O)CCCC(=O)OC. The molecule has 0 spiro atoms. The van der Waals surface area contributed by atoms with Crippen molar-refractivity contribution in [2.75, 3.05) is 26.0 Å². The maximum absolute atomic E-state index is 11.7. The summed E-state index contributed by atoms with van der Waals surface area (Å²) < 4.78 is 29.3. The molecular formula is C10H19NO4S. The lowest BCUT2D eigenvalue weighted by atomic mass is 10.3. The highest BCUT2D eigenvalue weighted by atomic mass is 32.2. The van der Waals surface area contributed by atoms with E-state index in [0.29, 0.717) is 13.1 Å². The van der Waals surface area contributed by atoms with Gasteiger partial charge in [0.05, 0.1) is 12.9 Å². The van der Waals surface area contributed by atoms with Gasteiger partial charge in [-0.2, -0.15) is 4.31 Å². The lowest BCUT2D eigenvalue weighted by molar-refractivity contribution is -0.140. The Morgan fingerprint density at radius 3 is 2.56 bits per heavy atom. The summed E-state index contributed by atoms with van der Waals surface area (Å²) in [6.07, 6.45) is 1.95. The van der Waals surface area contributed by atoms with Gasteiger partial charge in [-0.25, -0.2) is 8.42 Å². The molecule has 5 nitrogen and oxygen atoms in total. The van der Waals surface area contributed by atoms with Gasteiger partial charge in [0.15, 0.2) is 0 Å². The van der Waals surface area contributed by atoms with E-state index in [1.165, 1.54) is 11.4 Å². The Kier molecular flexibility index (Phi) is 7.00. The standard InChI is InChI=1S/C10H19NO4S/c1-4-8-11(5-2)16(13,14)9-6-7-10(12)15-3/h4H,1,5-9H2,2-3H3. The predicted molar refractivity (Wildman–Crippen MR) is 62.5 cm³/mol. The molecule has 94 valence electrons. The molecule has 0 aromatic heterocycles. The van der Waals surface area contributed by atoms with Gasteiger partial charge < -0.3 is 4.74 Å². The zero-order valence-electron chi connectivity index (χ0n) is 9.81. The van der Waals surface area contributed by atoms with Crippen molar-refractivity contribution < 1.29 is 17.9 Å². The summed E-state index contributed by atoms with van der Waals surface area (Å²) in [5.41, 5.74) is 0. The van der Waals surface area contributed by atoms with Crippen LogP contribution in [0.2, 0.25) is 0 Å². The van der Waals surface area contributed by atoms with Crippen LogP contribution in [0.1, 0.15) is 19.8 Å². The first-order valence-corrected chi connectivity index (χ1v) is 6.74. The molecule has 0 atom stereocenters. The number of carbonyl (C=O) groups excluding carboxylic acids is 1. The van der Waals surface area contributed by atoms with Crippen molar-refractivity contribution in [3.8, 4) is 0 Å². The van der Waals surface area contributed by atoms with Gasteiger partial charge in [-0.3, -0.25) is 4.79 Å². The van der Waals surface area contributed by atoms with Crippen LogP contribution in [0.25, 0.3) is 0 Å². The third-order valence-electron chi connectivity index (χ3n) is 2.09. The molecule has 0 unspecified atom stereocenters. The minimum Gasteiger partial charge on any atom is -0.469 e. The van der Waals surface area contributed by atoms with Gasteiger partial charge in [0, 0.05) is 19.5 Å². The number of sulfonamides is 1. The number of ether oxygens (including phenoxy) is 1. The van der Waals surface area contributed by atoms with E-state index in [0.717, 1.165) is 0 Å². The number of carbonyl (C=O) groups is 1. The molecule has 0 aliphatic carbocycles. The van der Waals surface area contributed by atoms with E-state index in [9.17, 15) is 13.2 Å². The van der Waals surface area contributed by atoms with E-state index in [2.05, 4.69) is 11.3 Å². The monoisotopic (exact) mass is 249 g/mol. The average molecular weight is 249 g/mol. The van der Waals surface area contributed by atoms with E-state index in [1.807, 2.05) is 0 Å². The van der Waals surface area contributed by atoms with Crippen molar-refractivity contribution in [1.29, 1.82) is 0 Å². The molecular weight excluding hydrogens is 230 g/mol. The summed E-state index contributed by atoms with van der Waals surface area (Å²) in [7, 11) is -2.00. The molecule has 0 radical (unpaired) electrons. The second-order valence-corrected chi connectivity index (χ2v) is 5.32. The zero-order valence-corrected chi connectivity index (χ0v) is 10.6. The van der Waals surface area contributed by atoms with Crippen LogP contribution in [-0.2, 0) is 19.6 Å². The number of hydrogen-bond donors (Lipinski definition) is 0. The normalized spacial score (nSPS) is 11.4. The van der Waals surface area contributed by atoms with Crippen LogP contribution in [-0.4, -0.2) is 44.6 Å². The van der Waals surface area contributed by atoms with Gasteiger partial charge >= 0.3 is 5.97 Å². The van der Waals surface area contributed by atoms with Crippen LogP contribution in [0, 0.1) is 0 Å². The van der Waals surface area contributed by atoms with Gasteiger partial charge in [-0.05, 0) is 6.42 Å². The highest BCUT2D eigenvalue weighted by molar-refractivity contribution is 7.89. The molecule has 0 saturated heterocycles. The van der Waals surface area contributed by atoms with Crippen molar-refractivity contribution in [2.24, 2.45) is 0 Å².